The molecule has 0 saturated heterocycles. The highest BCUT2D eigenvalue weighted by Gasteiger charge is 2.22. The predicted molar refractivity (Wildman–Crippen MR) is 137 cm³/mol. The molecular weight excluding hydrogens is 424 g/mol. The monoisotopic (exact) mass is 454 g/mol. The molecule has 0 fully saturated rings. The third-order valence-corrected chi connectivity index (χ3v) is 5.77. The number of rotatable bonds is 9. The molecule has 0 saturated carbocycles. The molecule has 1 heterocycles. The number of nitrogens with zero attached hydrogens (tertiary/aromatic N) is 2. The van der Waals surface area contributed by atoms with Crippen molar-refractivity contribution in [2.24, 2.45) is 4.99 Å². The largest absolute Gasteiger partial charge is 0.491 e. The van der Waals surface area contributed by atoms with Crippen LogP contribution in [-0.4, -0.2) is 37.3 Å². The minimum atomic E-state index is -0.0105. The second-order valence-corrected chi connectivity index (χ2v) is 8.51. The topological polar surface area (TPSA) is 54.3 Å². The van der Waals surface area contributed by atoms with Gasteiger partial charge in [-0.25, -0.2) is 0 Å². The minimum absolute atomic E-state index is 0.0105. The zero-order valence-electron chi connectivity index (χ0n) is 19.7. The Balaban J connectivity index is 1.66. The number of aliphatic hydroxyl groups excluding tert-OH is 1. The molecule has 34 heavy (non-hydrogen) atoms. The molecule has 174 valence electrons. The maximum absolute atomic E-state index is 9.04. The number of fused-ring (bicyclic) bond motifs is 1. The molecule has 0 unspecified atom stereocenters. The van der Waals surface area contributed by atoms with Crippen molar-refractivity contribution in [3.63, 3.8) is 0 Å². The first-order valence-corrected chi connectivity index (χ1v) is 11.5. The molecule has 0 bridgehead atoms. The Morgan fingerprint density at radius 1 is 1.03 bits per heavy atom. The summed E-state index contributed by atoms with van der Waals surface area (Å²) in [4.78, 5) is 7.20. The van der Waals surface area contributed by atoms with Crippen molar-refractivity contribution >= 4 is 11.4 Å². The fourth-order valence-electron chi connectivity index (χ4n) is 4.04. The fourth-order valence-corrected chi connectivity index (χ4v) is 4.04. The van der Waals surface area contributed by atoms with Crippen molar-refractivity contribution in [1.82, 2.24) is 0 Å². The Labute approximate surface area is 201 Å². The van der Waals surface area contributed by atoms with Crippen LogP contribution in [-0.2, 0) is 6.54 Å². The Hall–Kier alpha value is -3.75. The van der Waals surface area contributed by atoms with Crippen LogP contribution in [0, 0.1) is 12.3 Å². The van der Waals surface area contributed by atoms with Gasteiger partial charge in [0.05, 0.1) is 12.3 Å². The zero-order chi connectivity index (χ0) is 23.9. The summed E-state index contributed by atoms with van der Waals surface area (Å²) in [6.45, 7) is 6.10. The van der Waals surface area contributed by atoms with Gasteiger partial charge in [0.1, 0.15) is 31.4 Å². The lowest BCUT2D eigenvalue weighted by Crippen LogP contribution is -2.29. The Morgan fingerprint density at radius 2 is 1.82 bits per heavy atom. The van der Waals surface area contributed by atoms with E-state index in [1.54, 1.807) is 0 Å². The molecule has 0 amide bonds. The third kappa shape index (κ3) is 5.41. The van der Waals surface area contributed by atoms with Gasteiger partial charge in [-0.15, -0.1) is 6.42 Å². The first-order valence-electron chi connectivity index (χ1n) is 11.5. The normalized spacial score (nSPS) is 12.7. The highest BCUT2D eigenvalue weighted by atomic mass is 16.5. The van der Waals surface area contributed by atoms with E-state index in [2.05, 4.69) is 61.1 Å². The third-order valence-electron chi connectivity index (χ3n) is 5.77. The first-order chi connectivity index (χ1) is 16.6. The van der Waals surface area contributed by atoms with Gasteiger partial charge >= 0.3 is 0 Å². The van der Waals surface area contributed by atoms with Crippen LogP contribution in [0.2, 0.25) is 0 Å². The van der Waals surface area contributed by atoms with Crippen molar-refractivity contribution in [3.8, 4) is 23.8 Å². The van der Waals surface area contributed by atoms with Gasteiger partial charge in [0.15, 0.2) is 0 Å². The Kier molecular flexibility index (Phi) is 7.51. The number of aliphatic imine (C=N–C) groups is 1. The van der Waals surface area contributed by atoms with Crippen LogP contribution in [0.1, 0.15) is 42.0 Å². The lowest BCUT2D eigenvalue weighted by Gasteiger charge is -2.31. The average Bonchev–Trinajstić information content (AvgIpc) is 2.86. The van der Waals surface area contributed by atoms with E-state index in [9.17, 15) is 0 Å². The molecule has 5 nitrogen and oxygen atoms in total. The van der Waals surface area contributed by atoms with E-state index in [0.717, 1.165) is 39.6 Å². The molecule has 0 spiro atoms. The van der Waals surface area contributed by atoms with Gasteiger partial charge in [-0.1, -0.05) is 56.2 Å². The number of ether oxygens (including phenoxy) is 2. The highest BCUT2D eigenvalue weighted by molar-refractivity contribution is 6.17. The van der Waals surface area contributed by atoms with E-state index in [0.29, 0.717) is 19.1 Å². The highest BCUT2D eigenvalue weighted by Crippen LogP contribution is 2.33. The van der Waals surface area contributed by atoms with E-state index in [1.807, 2.05) is 30.3 Å². The van der Waals surface area contributed by atoms with Crippen molar-refractivity contribution in [3.05, 3.63) is 89.0 Å². The number of terminal acetylenes is 1. The summed E-state index contributed by atoms with van der Waals surface area (Å²) in [5, 5.41) is 9.04. The van der Waals surface area contributed by atoms with Crippen molar-refractivity contribution in [1.29, 1.82) is 0 Å². The van der Waals surface area contributed by atoms with Gasteiger partial charge in [-0.3, -0.25) is 4.99 Å². The minimum Gasteiger partial charge on any atom is -0.491 e. The number of anilines is 1. The van der Waals surface area contributed by atoms with Crippen molar-refractivity contribution in [2.75, 3.05) is 31.4 Å². The van der Waals surface area contributed by atoms with Crippen LogP contribution >= 0.6 is 0 Å². The maximum atomic E-state index is 9.04. The van der Waals surface area contributed by atoms with Crippen molar-refractivity contribution < 1.29 is 14.6 Å². The molecule has 1 aliphatic heterocycles. The van der Waals surface area contributed by atoms with E-state index >= 15 is 0 Å². The second kappa shape index (κ2) is 10.9. The van der Waals surface area contributed by atoms with Crippen LogP contribution in [0.15, 0.2) is 71.7 Å². The summed E-state index contributed by atoms with van der Waals surface area (Å²) in [6, 6.07) is 22.6. The SMILES string of the molecule is C#CCOc1ccc2c(c1)C(c1ccc(C(C)C)cc1)=NCN2Cc1cccc(OCCO)c1. The summed E-state index contributed by atoms with van der Waals surface area (Å²) >= 11 is 0. The van der Waals surface area contributed by atoms with E-state index in [-0.39, 0.29) is 19.8 Å². The number of aliphatic hydroxyl groups is 1. The number of hydrogen-bond donors (Lipinski definition) is 1. The summed E-state index contributed by atoms with van der Waals surface area (Å²) in [7, 11) is 0. The molecule has 0 aromatic heterocycles. The van der Waals surface area contributed by atoms with Crippen LogP contribution in [0.25, 0.3) is 0 Å². The summed E-state index contributed by atoms with van der Waals surface area (Å²) in [5.74, 6) is 4.48. The fraction of sp³-hybridized carbons (Fsp3) is 0.276. The smallest absolute Gasteiger partial charge is 0.148 e. The van der Waals surface area contributed by atoms with E-state index in [1.165, 1.54) is 5.56 Å². The molecule has 0 atom stereocenters. The van der Waals surface area contributed by atoms with E-state index in [4.69, 9.17) is 26.0 Å². The Bertz CT molecular complexity index is 1190. The molecule has 0 radical (unpaired) electrons. The van der Waals surface area contributed by atoms with Gasteiger partial charge in [0, 0.05) is 23.4 Å². The maximum Gasteiger partial charge on any atom is 0.148 e. The molecule has 1 N–H and O–H groups in total. The Morgan fingerprint density at radius 3 is 2.56 bits per heavy atom. The van der Waals surface area contributed by atoms with E-state index < -0.39 is 0 Å². The van der Waals surface area contributed by atoms with Gasteiger partial charge in [0.25, 0.3) is 0 Å². The molecule has 1 aliphatic rings. The van der Waals surface area contributed by atoms with Crippen molar-refractivity contribution in [2.45, 2.75) is 26.3 Å². The molecule has 4 rings (SSSR count). The molecular formula is C29H30N2O3. The molecule has 3 aromatic carbocycles. The van der Waals surface area contributed by atoms with Gasteiger partial charge in [-0.2, -0.15) is 0 Å². The molecule has 3 aromatic rings. The predicted octanol–water partition coefficient (Wildman–Crippen LogP) is 5.01. The standard InChI is InChI=1S/C29H30N2O3/c1-4-15-33-26-12-13-28-27(18-26)29(24-10-8-23(9-11-24)21(2)3)30-20-31(28)19-22-6-5-7-25(17-22)34-16-14-32/h1,5-13,17-18,21,32H,14-16,19-20H2,2-3H3. The summed E-state index contributed by atoms with van der Waals surface area (Å²) in [5.41, 5.74) is 6.55. The van der Waals surface area contributed by atoms with Gasteiger partial charge < -0.3 is 19.5 Å². The number of benzene rings is 3. The summed E-state index contributed by atoms with van der Waals surface area (Å²) in [6.07, 6.45) is 5.39. The summed E-state index contributed by atoms with van der Waals surface area (Å²) < 4.78 is 11.3. The zero-order valence-corrected chi connectivity index (χ0v) is 19.7. The molecule has 5 heteroatoms. The van der Waals surface area contributed by atoms with Crippen LogP contribution in [0.5, 0.6) is 11.5 Å². The van der Waals surface area contributed by atoms with Gasteiger partial charge in [-0.05, 0) is 47.4 Å². The quantitative estimate of drug-likeness (QED) is 0.462. The lowest BCUT2D eigenvalue weighted by molar-refractivity contribution is 0.201. The average molecular weight is 455 g/mol. The second-order valence-electron chi connectivity index (χ2n) is 8.51. The first kappa shape index (κ1) is 23.4. The van der Waals surface area contributed by atoms with Crippen LogP contribution < -0.4 is 14.4 Å². The van der Waals surface area contributed by atoms with Gasteiger partial charge in [0.2, 0.25) is 0 Å². The number of hydrogen-bond acceptors (Lipinski definition) is 5. The van der Waals surface area contributed by atoms with Crippen LogP contribution in [0.3, 0.4) is 0 Å². The lowest BCUT2D eigenvalue weighted by atomic mass is 9.95. The van der Waals surface area contributed by atoms with Crippen LogP contribution in [0.4, 0.5) is 5.69 Å². The molecule has 0 aliphatic carbocycles.